The van der Waals surface area contributed by atoms with Crippen LogP contribution in [-0.4, -0.2) is 89.7 Å². The van der Waals surface area contributed by atoms with Gasteiger partial charge in [-0.3, -0.25) is 44.3 Å². The lowest BCUT2D eigenvalue weighted by molar-refractivity contribution is -0.385. The second-order valence-electron chi connectivity index (χ2n) is 11.2. The fourth-order valence-corrected chi connectivity index (χ4v) is 5.57. The van der Waals surface area contributed by atoms with Crippen LogP contribution in [0.5, 0.6) is 0 Å². The first-order valence-electron chi connectivity index (χ1n) is 14.5. The summed E-state index contributed by atoms with van der Waals surface area (Å²) in [7, 11) is -3.75. The van der Waals surface area contributed by atoms with Gasteiger partial charge in [0.15, 0.2) is 13.2 Å². The smallest absolute Gasteiger partial charge is 0.338 e. The molecular formula is C32H27N3O14S. The Bertz CT molecular complexity index is 2110. The Kier molecular flexibility index (Phi) is 10.7. The van der Waals surface area contributed by atoms with Crippen molar-refractivity contribution >= 4 is 56.5 Å². The van der Waals surface area contributed by atoms with Crippen LogP contribution in [0.2, 0.25) is 0 Å². The van der Waals surface area contributed by atoms with Crippen LogP contribution in [0, 0.1) is 34.1 Å². The largest absolute Gasteiger partial charge is 0.456 e. The summed E-state index contributed by atoms with van der Waals surface area (Å²) in [5.74, 6) is -6.82. The predicted octanol–water partition coefficient (Wildman–Crippen LogP) is 2.98. The number of nitrogens with zero attached hydrogens (tertiary/aromatic N) is 3. The minimum Gasteiger partial charge on any atom is -0.456 e. The monoisotopic (exact) mass is 709 g/mol. The second kappa shape index (κ2) is 14.5. The van der Waals surface area contributed by atoms with E-state index in [1.807, 2.05) is 0 Å². The molecule has 2 amide bonds. The van der Waals surface area contributed by atoms with E-state index in [2.05, 4.69) is 0 Å². The van der Waals surface area contributed by atoms with Gasteiger partial charge in [0.05, 0.1) is 32.3 Å². The number of nitro groups is 2. The molecule has 0 N–H and O–H groups in total. The minimum absolute atomic E-state index is 0.0885. The van der Waals surface area contributed by atoms with Crippen molar-refractivity contribution in [2.75, 3.05) is 25.2 Å². The number of benzene rings is 3. The number of Topliss-reactive ketones (excluding diaryl/α,β-unsaturated/α-hetero) is 2. The summed E-state index contributed by atoms with van der Waals surface area (Å²) in [6, 6.07) is 8.65. The van der Waals surface area contributed by atoms with Crippen molar-refractivity contribution in [3.63, 3.8) is 0 Å². The number of rotatable bonds is 14. The molecule has 4 rings (SSSR count). The van der Waals surface area contributed by atoms with Gasteiger partial charge in [-0.15, -0.1) is 0 Å². The molecule has 260 valence electrons. The van der Waals surface area contributed by atoms with E-state index in [1.165, 1.54) is 38.1 Å². The maximum Gasteiger partial charge on any atom is 0.338 e. The Hall–Kier alpha value is -6.17. The van der Waals surface area contributed by atoms with E-state index in [0.717, 1.165) is 36.6 Å². The first-order valence-corrected chi connectivity index (χ1v) is 16.6. The number of ketones is 2. The normalized spacial score (nSPS) is 13.0. The van der Waals surface area contributed by atoms with Crippen molar-refractivity contribution in [1.82, 2.24) is 4.90 Å². The molecule has 0 unspecified atom stereocenters. The number of sulfone groups is 1. The zero-order valence-electron chi connectivity index (χ0n) is 26.6. The lowest BCUT2D eigenvalue weighted by Crippen LogP contribution is -2.46. The molecule has 0 bridgehead atoms. The van der Waals surface area contributed by atoms with Crippen molar-refractivity contribution in [2.45, 2.75) is 26.3 Å². The fraction of sp³-hybridized carbons (Fsp3) is 0.250. The number of carbonyl (C=O) groups is 6. The molecule has 0 saturated carbocycles. The zero-order valence-corrected chi connectivity index (χ0v) is 27.4. The lowest BCUT2D eigenvalue weighted by Gasteiger charge is -2.24. The highest BCUT2D eigenvalue weighted by atomic mass is 32.2. The number of hydrogen-bond acceptors (Lipinski definition) is 14. The molecule has 0 aliphatic carbocycles. The maximum atomic E-state index is 13.5. The standard InChI is InChI=1S/C32H27N3O14S/c1-17-4-6-19(13-25(17)34(42)43)27(36)15-48-31(40)21-8-9-22-23(12-21)30(39)33(29(22)38)24(10-11-50(3,46)47)32(41)49-16-28(37)20-7-5-18(2)26(14-20)35(44)45/h4-9,12-14,24H,10-11,15-16H2,1-3H3/t24-/m0/s1. The summed E-state index contributed by atoms with van der Waals surface area (Å²) >= 11 is 0. The molecule has 0 radical (unpaired) electrons. The third kappa shape index (κ3) is 8.09. The summed E-state index contributed by atoms with van der Waals surface area (Å²) in [6.45, 7) is 1.16. The summed E-state index contributed by atoms with van der Waals surface area (Å²) < 4.78 is 34.0. The van der Waals surface area contributed by atoms with Crippen LogP contribution in [0.25, 0.3) is 0 Å². The molecule has 1 aliphatic heterocycles. The van der Waals surface area contributed by atoms with Crippen LogP contribution >= 0.6 is 0 Å². The number of amides is 2. The van der Waals surface area contributed by atoms with Crippen molar-refractivity contribution in [2.24, 2.45) is 0 Å². The molecule has 3 aromatic carbocycles. The van der Waals surface area contributed by atoms with Gasteiger partial charge in [-0.1, -0.05) is 24.3 Å². The molecule has 0 fully saturated rings. The molecule has 17 nitrogen and oxygen atoms in total. The van der Waals surface area contributed by atoms with Crippen LogP contribution in [0.15, 0.2) is 54.6 Å². The number of nitro benzene ring substituents is 2. The van der Waals surface area contributed by atoms with Crippen molar-refractivity contribution in [3.8, 4) is 0 Å². The van der Waals surface area contributed by atoms with Crippen molar-refractivity contribution in [3.05, 3.63) is 114 Å². The molecule has 50 heavy (non-hydrogen) atoms. The highest BCUT2D eigenvalue weighted by Gasteiger charge is 2.44. The molecule has 0 aromatic heterocycles. The topological polar surface area (TPSA) is 245 Å². The quantitative estimate of drug-likeness (QED) is 0.0768. The van der Waals surface area contributed by atoms with Crippen LogP contribution in [0.3, 0.4) is 0 Å². The van der Waals surface area contributed by atoms with E-state index in [4.69, 9.17) is 9.47 Å². The summed E-state index contributed by atoms with van der Waals surface area (Å²) in [4.78, 5) is 99.6. The molecule has 18 heteroatoms. The van der Waals surface area contributed by atoms with Gasteiger partial charge in [0.2, 0.25) is 11.6 Å². The van der Waals surface area contributed by atoms with E-state index < -0.39 is 86.4 Å². The third-order valence-corrected chi connectivity index (χ3v) is 8.61. The number of imide groups is 1. The number of hydrogen-bond donors (Lipinski definition) is 0. The van der Waals surface area contributed by atoms with Gasteiger partial charge in [-0.25, -0.2) is 18.0 Å². The molecule has 0 spiro atoms. The fourth-order valence-electron chi connectivity index (χ4n) is 4.92. The molecule has 3 aromatic rings. The van der Waals surface area contributed by atoms with Gasteiger partial charge in [-0.2, -0.15) is 0 Å². The van der Waals surface area contributed by atoms with Gasteiger partial charge < -0.3 is 9.47 Å². The maximum absolute atomic E-state index is 13.5. The van der Waals surface area contributed by atoms with Gasteiger partial charge in [-0.05, 0) is 38.5 Å². The molecular weight excluding hydrogens is 682 g/mol. The van der Waals surface area contributed by atoms with Crippen molar-refractivity contribution in [1.29, 1.82) is 0 Å². The number of carbonyl (C=O) groups excluding carboxylic acids is 6. The van der Waals surface area contributed by atoms with E-state index >= 15 is 0 Å². The van der Waals surface area contributed by atoms with E-state index in [-0.39, 0.29) is 44.8 Å². The van der Waals surface area contributed by atoms with Crippen LogP contribution in [0.1, 0.15) is 69.3 Å². The van der Waals surface area contributed by atoms with Gasteiger partial charge in [0.25, 0.3) is 23.2 Å². The Morgan fingerprint density at radius 1 is 0.740 bits per heavy atom. The average molecular weight is 710 g/mol. The highest BCUT2D eigenvalue weighted by molar-refractivity contribution is 7.90. The molecule has 1 heterocycles. The van der Waals surface area contributed by atoms with Gasteiger partial charge in [0, 0.05) is 40.6 Å². The number of ether oxygens (including phenoxy) is 2. The van der Waals surface area contributed by atoms with Crippen LogP contribution < -0.4 is 0 Å². The Morgan fingerprint density at radius 2 is 1.22 bits per heavy atom. The average Bonchev–Trinajstić information content (AvgIpc) is 3.30. The van der Waals surface area contributed by atoms with Gasteiger partial charge in [0.1, 0.15) is 15.9 Å². The first kappa shape index (κ1) is 36.7. The Labute approximate surface area is 283 Å². The Morgan fingerprint density at radius 3 is 1.72 bits per heavy atom. The first-order chi connectivity index (χ1) is 23.4. The van der Waals surface area contributed by atoms with Crippen LogP contribution in [-0.2, 0) is 24.1 Å². The third-order valence-electron chi connectivity index (χ3n) is 7.64. The molecule has 1 aliphatic rings. The number of aryl methyl sites for hydroxylation is 2. The zero-order chi connectivity index (χ0) is 37.1. The lowest BCUT2D eigenvalue weighted by atomic mass is 10.1. The summed E-state index contributed by atoms with van der Waals surface area (Å²) in [6.07, 6.45) is 0.246. The molecule has 1 atom stereocenters. The highest BCUT2D eigenvalue weighted by Crippen LogP contribution is 2.28. The summed E-state index contributed by atoms with van der Waals surface area (Å²) in [5.41, 5.74) is -1.22. The van der Waals surface area contributed by atoms with E-state index in [9.17, 15) is 57.4 Å². The second-order valence-corrected chi connectivity index (χ2v) is 13.5. The Balaban J connectivity index is 1.51. The van der Waals surface area contributed by atoms with Gasteiger partial charge >= 0.3 is 11.9 Å². The summed E-state index contributed by atoms with van der Waals surface area (Å²) in [5, 5.41) is 22.4. The van der Waals surface area contributed by atoms with E-state index in [1.54, 1.807) is 0 Å². The number of esters is 2. The number of fused-ring (bicyclic) bond motifs is 1. The van der Waals surface area contributed by atoms with Crippen molar-refractivity contribution < 1.29 is 56.5 Å². The molecule has 0 saturated heterocycles. The van der Waals surface area contributed by atoms with E-state index in [0.29, 0.717) is 10.5 Å². The predicted molar refractivity (Wildman–Crippen MR) is 171 cm³/mol. The minimum atomic E-state index is -3.75. The SMILES string of the molecule is Cc1ccc(C(=O)COC(=O)c2ccc3c(c2)C(=O)N([C@@H](CCS(C)(=O)=O)C(=O)OCC(=O)c2ccc(C)c([N+](=O)[O-])c2)C3=O)cc1[N+](=O)[O-]. The van der Waals surface area contributed by atoms with Crippen LogP contribution in [0.4, 0.5) is 11.4 Å².